The summed E-state index contributed by atoms with van der Waals surface area (Å²) in [5, 5.41) is 15.8. The van der Waals surface area contributed by atoms with Gasteiger partial charge in [-0.2, -0.15) is 0 Å². The van der Waals surface area contributed by atoms with E-state index in [1.165, 1.54) is 11.6 Å². The van der Waals surface area contributed by atoms with Crippen LogP contribution < -0.4 is 10.6 Å². The molecule has 134 valence electrons. The number of hydrogen-bond acceptors (Lipinski definition) is 4. The first kappa shape index (κ1) is 18.7. The molecular weight excluding hydrogens is 311 g/mol. The van der Waals surface area contributed by atoms with Gasteiger partial charge in [0, 0.05) is 19.1 Å². The summed E-state index contributed by atoms with van der Waals surface area (Å²) in [7, 11) is 0. The quantitative estimate of drug-likeness (QED) is 0.769. The van der Waals surface area contributed by atoms with Crippen LogP contribution in [0.25, 0.3) is 0 Å². The van der Waals surface area contributed by atoms with E-state index in [0.717, 1.165) is 24.8 Å². The smallest absolute Gasteiger partial charge is 0.407 e. The molecule has 0 bridgehead atoms. The second kappa shape index (κ2) is 7.94. The van der Waals surface area contributed by atoms with E-state index in [1.54, 1.807) is 26.8 Å². The Morgan fingerprint density at radius 1 is 1.38 bits per heavy atom. The van der Waals surface area contributed by atoms with Crippen molar-refractivity contribution >= 4 is 6.09 Å². The Kier molecular flexibility index (Phi) is 6.18. The van der Waals surface area contributed by atoms with E-state index in [-0.39, 0.29) is 18.4 Å². The lowest BCUT2D eigenvalue weighted by Crippen LogP contribution is -2.44. The summed E-state index contributed by atoms with van der Waals surface area (Å²) in [5.41, 5.74) is 1.67. The van der Waals surface area contributed by atoms with Crippen molar-refractivity contribution in [2.24, 2.45) is 0 Å². The molecule has 1 aliphatic rings. The van der Waals surface area contributed by atoms with E-state index < -0.39 is 17.8 Å². The van der Waals surface area contributed by atoms with Gasteiger partial charge in [0.15, 0.2) is 0 Å². The summed E-state index contributed by atoms with van der Waals surface area (Å²) in [6.07, 6.45) is 1.36. The number of aliphatic hydroxyl groups is 1. The predicted molar refractivity (Wildman–Crippen MR) is 90.5 cm³/mol. The summed E-state index contributed by atoms with van der Waals surface area (Å²) >= 11 is 0. The van der Waals surface area contributed by atoms with Crippen LogP contribution in [0.3, 0.4) is 0 Å². The van der Waals surface area contributed by atoms with E-state index in [4.69, 9.17) is 4.74 Å². The molecule has 2 atom stereocenters. The molecule has 1 aromatic rings. The van der Waals surface area contributed by atoms with E-state index in [9.17, 15) is 14.3 Å². The van der Waals surface area contributed by atoms with Crippen molar-refractivity contribution in [2.75, 3.05) is 13.1 Å². The zero-order chi connectivity index (χ0) is 17.7. The highest BCUT2D eigenvalue weighted by molar-refractivity contribution is 5.67. The van der Waals surface area contributed by atoms with Crippen molar-refractivity contribution in [1.82, 2.24) is 10.6 Å². The first-order chi connectivity index (χ1) is 11.2. The number of ether oxygens (including phenoxy) is 1. The van der Waals surface area contributed by atoms with Crippen LogP contribution in [0, 0.1) is 5.82 Å². The number of aliphatic hydroxyl groups excluding tert-OH is 1. The summed E-state index contributed by atoms with van der Waals surface area (Å²) in [6, 6.07) is 5.14. The second-order valence-electron chi connectivity index (χ2n) is 7.30. The number of carbonyl (C=O) groups excluding carboxylic acids is 1. The van der Waals surface area contributed by atoms with Gasteiger partial charge >= 0.3 is 6.09 Å². The van der Waals surface area contributed by atoms with E-state index >= 15 is 0 Å². The van der Waals surface area contributed by atoms with Crippen LogP contribution in [-0.2, 0) is 17.6 Å². The van der Waals surface area contributed by atoms with Crippen LogP contribution >= 0.6 is 0 Å². The number of halogens is 1. The monoisotopic (exact) mass is 338 g/mol. The second-order valence-corrected chi connectivity index (χ2v) is 7.30. The number of carbonyl (C=O) groups is 1. The topological polar surface area (TPSA) is 70.6 Å². The highest BCUT2D eigenvalue weighted by Crippen LogP contribution is 2.22. The molecule has 0 aliphatic heterocycles. The van der Waals surface area contributed by atoms with E-state index in [0.29, 0.717) is 6.54 Å². The number of alkyl carbamates (subject to hydrolysis) is 1. The molecule has 0 spiro atoms. The molecule has 2 unspecified atom stereocenters. The molecule has 0 aromatic heterocycles. The van der Waals surface area contributed by atoms with Gasteiger partial charge in [0.1, 0.15) is 11.4 Å². The van der Waals surface area contributed by atoms with Gasteiger partial charge in [-0.1, -0.05) is 6.07 Å². The standard InChI is InChI=1S/C18H27FN2O3/c1-18(2,3)24-17(23)21-11-16(22)10-20-15-7-5-12-4-6-14(19)8-13(12)9-15/h4,6,8,15-16,20,22H,5,7,9-11H2,1-3H3,(H,21,23). The van der Waals surface area contributed by atoms with Gasteiger partial charge in [-0.05, 0) is 63.3 Å². The summed E-state index contributed by atoms with van der Waals surface area (Å²) in [6.45, 7) is 5.85. The maximum absolute atomic E-state index is 13.3. The fraction of sp³-hybridized carbons (Fsp3) is 0.611. The van der Waals surface area contributed by atoms with Crippen LogP contribution in [0.2, 0.25) is 0 Å². The Hall–Kier alpha value is -1.66. The third kappa shape index (κ3) is 6.09. The largest absolute Gasteiger partial charge is 0.444 e. The zero-order valence-corrected chi connectivity index (χ0v) is 14.6. The minimum atomic E-state index is -0.702. The highest BCUT2D eigenvalue weighted by atomic mass is 19.1. The third-order valence-electron chi connectivity index (χ3n) is 3.92. The normalized spacial score (nSPS) is 18.6. The lowest BCUT2D eigenvalue weighted by atomic mass is 9.88. The SMILES string of the molecule is CC(C)(C)OC(=O)NCC(O)CNC1CCc2ccc(F)cc2C1. The number of nitrogens with one attached hydrogen (secondary N) is 2. The van der Waals surface area contributed by atoms with Crippen molar-refractivity contribution in [3.8, 4) is 0 Å². The number of hydrogen-bond donors (Lipinski definition) is 3. The zero-order valence-electron chi connectivity index (χ0n) is 14.6. The average molecular weight is 338 g/mol. The molecule has 0 heterocycles. The molecule has 0 radical (unpaired) electrons. The van der Waals surface area contributed by atoms with Crippen LogP contribution in [0.1, 0.15) is 38.3 Å². The van der Waals surface area contributed by atoms with Crippen molar-refractivity contribution in [2.45, 2.75) is 57.8 Å². The molecule has 5 nitrogen and oxygen atoms in total. The minimum Gasteiger partial charge on any atom is -0.444 e. The first-order valence-corrected chi connectivity index (χ1v) is 8.38. The number of fused-ring (bicyclic) bond motifs is 1. The van der Waals surface area contributed by atoms with Gasteiger partial charge in [0.2, 0.25) is 0 Å². The molecule has 0 saturated carbocycles. The third-order valence-corrected chi connectivity index (χ3v) is 3.92. The Bertz CT molecular complexity index is 572. The summed E-state index contributed by atoms with van der Waals surface area (Å²) in [4.78, 5) is 11.5. The molecule has 3 N–H and O–H groups in total. The van der Waals surface area contributed by atoms with Crippen LogP contribution in [0.5, 0.6) is 0 Å². The minimum absolute atomic E-state index is 0.125. The Balaban J connectivity index is 1.71. The number of aryl methyl sites for hydroxylation is 1. The maximum atomic E-state index is 13.3. The van der Waals surface area contributed by atoms with Crippen LogP contribution in [-0.4, -0.2) is 42.0 Å². The molecule has 2 rings (SSSR count). The van der Waals surface area contributed by atoms with Gasteiger partial charge in [0.05, 0.1) is 6.10 Å². The summed E-state index contributed by atoms with van der Waals surface area (Å²) in [5.74, 6) is -0.212. The molecule has 24 heavy (non-hydrogen) atoms. The van der Waals surface area contributed by atoms with Crippen molar-refractivity contribution in [3.05, 3.63) is 35.1 Å². The summed E-state index contributed by atoms with van der Waals surface area (Å²) < 4.78 is 18.4. The molecule has 0 fully saturated rings. The van der Waals surface area contributed by atoms with Gasteiger partial charge < -0.3 is 20.5 Å². The predicted octanol–water partition coefficient (Wildman–Crippen LogP) is 2.16. The van der Waals surface area contributed by atoms with Gasteiger partial charge in [-0.3, -0.25) is 0 Å². The fourth-order valence-electron chi connectivity index (χ4n) is 2.79. The van der Waals surface area contributed by atoms with Crippen LogP contribution in [0.15, 0.2) is 18.2 Å². The van der Waals surface area contributed by atoms with Gasteiger partial charge in [-0.15, -0.1) is 0 Å². The van der Waals surface area contributed by atoms with Crippen LogP contribution in [0.4, 0.5) is 9.18 Å². The molecule has 1 aromatic carbocycles. The molecule has 6 heteroatoms. The Labute approximate surface area is 142 Å². The maximum Gasteiger partial charge on any atom is 0.407 e. The van der Waals surface area contributed by atoms with Crippen molar-refractivity contribution in [3.63, 3.8) is 0 Å². The molecule has 1 amide bonds. The number of rotatable bonds is 5. The van der Waals surface area contributed by atoms with Crippen molar-refractivity contribution in [1.29, 1.82) is 0 Å². The fourth-order valence-corrected chi connectivity index (χ4v) is 2.79. The lowest BCUT2D eigenvalue weighted by molar-refractivity contribution is 0.0491. The molecular formula is C18H27FN2O3. The van der Waals surface area contributed by atoms with E-state index in [2.05, 4.69) is 10.6 Å². The molecule has 1 aliphatic carbocycles. The average Bonchev–Trinajstić information content (AvgIpc) is 2.48. The number of benzene rings is 1. The molecule has 0 saturated heterocycles. The first-order valence-electron chi connectivity index (χ1n) is 8.38. The van der Waals surface area contributed by atoms with Gasteiger partial charge in [-0.25, -0.2) is 9.18 Å². The Morgan fingerprint density at radius 3 is 2.83 bits per heavy atom. The lowest BCUT2D eigenvalue weighted by Gasteiger charge is -2.27. The highest BCUT2D eigenvalue weighted by Gasteiger charge is 2.20. The Morgan fingerprint density at radius 2 is 2.12 bits per heavy atom. The number of amides is 1. The van der Waals surface area contributed by atoms with E-state index in [1.807, 2.05) is 6.07 Å². The van der Waals surface area contributed by atoms with Crippen molar-refractivity contribution < 1.29 is 19.0 Å². The van der Waals surface area contributed by atoms with Gasteiger partial charge in [0.25, 0.3) is 0 Å².